The highest BCUT2D eigenvalue weighted by Gasteiger charge is 2.14. The number of benzene rings is 2. The normalized spacial score (nSPS) is 12.8. The second-order valence-corrected chi connectivity index (χ2v) is 8.04. The van der Waals surface area contributed by atoms with Crippen LogP contribution >= 0.6 is 12.2 Å². The summed E-state index contributed by atoms with van der Waals surface area (Å²) in [7, 11) is -3.77. The van der Waals surface area contributed by atoms with E-state index in [1.54, 1.807) is 56.3 Å². The van der Waals surface area contributed by atoms with Gasteiger partial charge in [0.25, 0.3) is 10.0 Å². The zero-order chi connectivity index (χ0) is 20.7. The number of rotatable bonds is 8. The molecule has 0 aliphatic carbocycles. The van der Waals surface area contributed by atoms with Crippen molar-refractivity contribution in [1.29, 1.82) is 0 Å². The van der Waals surface area contributed by atoms with Crippen molar-refractivity contribution in [2.45, 2.75) is 18.7 Å². The van der Waals surface area contributed by atoms with Crippen LogP contribution in [0.3, 0.4) is 0 Å². The summed E-state index contributed by atoms with van der Waals surface area (Å²) in [5.41, 5.74) is 2.30. The van der Waals surface area contributed by atoms with Crippen LogP contribution in [-0.2, 0) is 14.4 Å². The molecule has 1 N–H and O–H groups in total. The Bertz CT molecular complexity index is 1110. The molecule has 0 amide bonds. The van der Waals surface area contributed by atoms with Crippen LogP contribution in [0.25, 0.3) is 0 Å². The Balaban J connectivity index is 1.64. The third-order valence-electron chi connectivity index (χ3n) is 3.84. The molecule has 3 rings (SSSR count). The maximum atomic E-state index is 12.4. The van der Waals surface area contributed by atoms with Crippen LogP contribution in [0.4, 0.5) is 0 Å². The molecule has 2 aromatic carbocycles. The van der Waals surface area contributed by atoms with Crippen LogP contribution in [0, 0.1) is 0 Å². The number of H-pyrrole nitrogens is 1. The molecule has 0 aliphatic heterocycles. The van der Waals surface area contributed by atoms with Gasteiger partial charge < -0.3 is 9.87 Å². The fraction of sp³-hybridized carbons (Fsp3) is 0.100. The van der Waals surface area contributed by atoms with Gasteiger partial charge in [-0.15, -0.1) is 0 Å². The summed E-state index contributed by atoms with van der Waals surface area (Å²) in [6, 6.07) is 20.7. The van der Waals surface area contributed by atoms with Gasteiger partial charge in [-0.25, -0.2) is 0 Å². The number of para-hydroxylation sites is 1. The first kappa shape index (κ1) is 20.8. The van der Waals surface area contributed by atoms with Crippen LogP contribution in [-0.4, -0.2) is 24.8 Å². The van der Waals surface area contributed by atoms with Gasteiger partial charge in [-0.2, -0.15) is 17.2 Å². The second kappa shape index (κ2) is 9.55. The molecule has 1 heterocycles. The lowest BCUT2D eigenvalue weighted by atomic mass is 10.3. The van der Waals surface area contributed by atoms with Crippen molar-refractivity contribution < 1.29 is 17.6 Å². The molecule has 0 saturated heterocycles. The number of aromatic amines is 1. The molecule has 0 radical (unpaired) electrons. The predicted octanol–water partition coefficient (Wildman–Crippen LogP) is 4.60. The third-order valence-corrected chi connectivity index (χ3v) is 5.70. The summed E-state index contributed by atoms with van der Waals surface area (Å²) in [5, 5.41) is 0. The highest BCUT2D eigenvalue weighted by atomic mass is 32.2. The molecular weight excluding hydrogens is 410 g/mol. The third kappa shape index (κ3) is 5.80. The van der Waals surface area contributed by atoms with Crippen molar-refractivity contribution in [2.75, 3.05) is 0 Å². The highest BCUT2D eigenvalue weighted by Crippen LogP contribution is 2.16. The van der Waals surface area contributed by atoms with Gasteiger partial charge in [0.05, 0.1) is 27.7 Å². The van der Waals surface area contributed by atoms with Crippen molar-refractivity contribution in [3.8, 4) is 5.75 Å². The lowest BCUT2D eigenvalue weighted by Crippen LogP contribution is -2.04. The van der Waals surface area contributed by atoms with E-state index in [-0.39, 0.29) is 4.90 Å². The minimum Gasteiger partial charge on any atom is -0.353 e. The maximum Gasteiger partial charge on any atom is 0.282 e. The summed E-state index contributed by atoms with van der Waals surface area (Å²) in [6.45, 7) is 3.43. The summed E-state index contributed by atoms with van der Waals surface area (Å²) in [4.78, 5) is 8.35. The first-order chi connectivity index (χ1) is 14.0. The average Bonchev–Trinajstić information content (AvgIpc) is 3.23. The van der Waals surface area contributed by atoms with Crippen molar-refractivity contribution >= 4 is 33.7 Å². The van der Waals surface area contributed by atoms with Crippen LogP contribution in [0.15, 0.2) is 86.5 Å². The van der Waals surface area contributed by atoms with E-state index in [1.165, 1.54) is 12.1 Å². The van der Waals surface area contributed by atoms with Crippen molar-refractivity contribution in [1.82, 2.24) is 4.98 Å². The van der Waals surface area contributed by atoms with E-state index >= 15 is 0 Å². The topological polar surface area (TPSA) is 93.1 Å². The number of hydrogen-bond acceptors (Lipinski definition) is 6. The minimum absolute atomic E-state index is 0.149. The zero-order valence-electron chi connectivity index (χ0n) is 15.8. The van der Waals surface area contributed by atoms with Gasteiger partial charge in [0.1, 0.15) is 0 Å². The van der Waals surface area contributed by atoms with Gasteiger partial charge >= 0.3 is 0 Å². The van der Waals surface area contributed by atoms with Gasteiger partial charge in [0.2, 0.25) is 0 Å². The monoisotopic (exact) mass is 429 g/mol. The molecule has 0 aliphatic rings. The molecule has 0 atom stereocenters. The quantitative estimate of drug-likeness (QED) is 0.141. The summed E-state index contributed by atoms with van der Waals surface area (Å²) >= 11 is 0.796. The summed E-state index contributed by atoms with van der Waals surface area (Å²) in [5.74, 6) is 0.571. The molecule has 0 spiro atoms. The second-order valence-electron chi connectivity index (χ2n) is 5.97. The van der Waals surface area contributed by atoms with Crippen molar-refractivity contribution in [3.05, 3.63) is 84.2 Å². The Hall–Kier alpha value is -2.88. The number of hydrogen-bond donors (Lipinski definition) is 1. The molecule has 7 nitrogen and oxygen atoms in total. The Morgan fingerprint density at radius 3 is 2.10 bits per heavy atom. The minimum atomic E-state index is -3.77. The van der Waals surface area contributed by atoms with Crippen molar-refractivity contribution in [3.63, 3.8) is 0 Å². The summed E-state index contributed by atoms with van der Waals surface area (Å²) < 4.78 is 37.9. The Morgan fingerprint density at radius 2 is 1.45 bits per heavy atom. The Kier molecular flexibility index (Phi) is 6.86. The maximum absolute atomic E-state index is 12.4. The van der Waals surface area contributed by atoms with E-state index in [1.807, 2.05) is 18.2 Å². The van der Waals surface area contributed by atoms with E-state index in [0.717, 1.165) is 12.2 Å². The first-order valence-electron chi connectivity index (χ1n) is 8.62. The van der Waals surface area contributed by atoms with Crippen LogP contribution in [0.2, 0.25) is 0 Å². The van der Waals surface area contributed by atoms with E-state index in [0.29, 0.717) is 28.6 Å². The molecule has 1 aromatic heterocycles. The Morgan fingerprint density at radius 1 is 0.862 bits per heavy atom. The molecule has 9 heteroatoms. The van der Waals surface area contributed by atoms with E-state index < -0.39 is 10.0 Å². The van der Waals surface area contributed by atoms with Gasteiger partial charge in [0.15, 0.2) is 18.0 Å². The van der Waals surface area contributed by atoms with E-state index in [4.69, 9.17) is 9.22 Å². The SMILES string of the molecule is CC(=NSOOc1ccccc1)c1ccc(C(C)=NS(=O)(=O)c2ccccc2)[nH]1. The number of nitrogens with one attached hydrogen (secondary N) is 1. The smallest absolute Gasteiger partial charge is 0.282 e. The van der Waals surface area contributed by atoms with Crippen LogP contribution < -0.4 is 4.89 Å². The van der Waals surface area contributed by atoms with Gasteiger partial charge in [-0.1, -0.05) is 40.7 Å². The van der Waals surface area contributed by atoms with Gasteiger partial charge in [-0.05, 0) is 50.2 Å². The fourth-order valence-electron chi connectivity index (χ4n) is 2.34. The van der Waals surface area contributed by atoms with Crippen LogP contribution in [0.1, 0.15) is 25.2 Å². The van der Waals surface area contributed by atoms with Crippen molar-refractivity contribution in [2.24, 2.45) is 8.80 Å². The Labute approximate surface area is 173 Å². The van der Waals surface area contributed by atoms with Gasteiger partial charge in [-0.3, -0.25) is 0 Å². The highest BCUT2D eigenvalue weighted by molar-refractivity contribution is 7.93. The summed E-state index contributed by atoms with van der Waals surface area (Å²) in [6.07, 6.45) is 0. The fourth-order valence-corrected chi connectivity index (χ4v) is 3.76. The molecule has 0 fully saturated rings. The number of sulfonamides is 1. The standard InChI is InChI=1S/C20H19N3O4S2/c1-15(22-28-27-26-17-9-5-3-6-10-17)19-13-14-20(21-19)16(2)23-29(24,25)18-11-7-4-8-12-18/h3-14,21H,1-2H3. The lowest BCUT2D eigenvalue weighted by molar-refractivity contribution is -0.0776. The zero-order valence-corrected chi connectivity index (χ0v) is 17.4. The van der Waals surface area contributed by atoms with E-state index in [2.05, 4.69) is 13.8 Å². The molecule has 150 valence electrons. The molecule has 29 heavy (non-hydrogen) atoms. The number of aromatic nitrogens is 1. The largest absolute Gasteiger partial charge is 0.353 e. The molecular formula is C20H19N3O4S2. The van der Waals surface area contributed by atoms with Gasteiger partial charge in [0, 0.05) is 0 Å². The molecule has 0 bridgehead atoms. The van der Waals surface area contributed by atoms with E-state index in [9.17, 15) is 8.42 Å². The molecule has 3 aromatic rings. The molecule has 0 saturated carbocycles. The van der Waals surface area contributed by atoms with Crippen LogP contribution in [0.5, 0.6) is 5.75 Å². The lowest BCUT2D eigenvalue weighted by Gasteiger charge is -2.02. The predicted molar refractivity (Wildman–Crippen MR) is 115 cm³/mol. The number of nitrogens with zero attached hydrogens (tertiary/aromatic N) is 2. The average molecular weight is 430 g/mol. The first-order valence-corrected chi connectivity index (χ1v) is 10.8. The molecule has 0 unspecified atom stereocenters.